The predicted octanol–water partition coefficient (Wildman–Crippen LogP) is -0.760. The number of carboxylic acid groups (broad SMARTS) is 3. The monoisotopic (exact) mass is 278 g/mol. The highest BCUT2D eigenvalue weighted by molar-refractivity contribution is 5.89. The Morgan fingerprint density at radius 2 is 1.37 bits per heavy atom. The highest BCUT2D eigenvalue weighted by Crippen LogP contribution is 1.98. The third-order valence-electron chi connectivity index (χ3n) is 1.54. The number of aliphatic hydroxyl groups excluding tert-OH is 1. The molecule has 0 spiro atoms. The first-order chi connectivity index (χ1) is 8.44. The van der Waals surface area contributed by atoms with Crippen molar-refractivity contribution in [3.8, 4) is 0 Å². The quantitative estimate of drug-likeness (QED) is 0.371. The minimum absolute atomic E-state index is 0.171. The molecule has 8 nitrogen and oxygen atoms in total. The smallest absolute Gasteiger partial charge is 0.328 e. The lowest BCUT2D eigenvalue weighted by molar-refractivity contribution is -0.873. The van der Waals surface area contributed by atoms with E-state index in [-0.39, 0.29) is 6.42 Å². The van der Waals surface area contributed by atoms with Crippen LogP contribution in [0.3, 0.4) is 0 Å². The molecule has 8 heteroatoms. The number of nitrogens with zero attached hydrogens (tertiary/aromatic N) is 1. The molecule has 1 unspecified atom stereocenters. The van der Waals surface area contributed by atoms with Crippen LogP contribution in [0.5, 0.6) is 0 Å². The molecule has 0 amide bonds. The summed E-state index contributed by atoms with van der Waals surface area (Å²) in [5, 5.41) is 33.1. The van der Waals surface area contributed by atoms with Gasteiger partial charge in [-0.25, -0.2) is 9.59 Å². The fraction of sp³-hybridized carbons (Fsp3) is 0.545. The van der Waals surface area contributed by atoms with E-state index < -0.39 is 24.0 Å². The Morgan fingerprint density at radius 3 is 1.58 bits per heavy atom. The van der Waals surface area contributed by atoms with Crippen LogP contribution in [0.2, 0.25) is 0 Å². The van der Waals surface area contributed by atoms with Crippen LogP contribution in [-0.2, 0) is 14.4 Å². The second-order valence-electron chi connectivity index (χ2n) is 4.73. The molecular weight excluding hydrogens is 258 g/mol. The predicted molar refractivity (Wildman–Crippen MR) is 65.6 cm³/mol. The molecule has 0 radical (unpaired) electrons. The topological polar surface area (TPSA) is 132 Å². The fourth-order valence-corrected chi connectivity index (χ4v) is 1.04. The molecular formula is C11H20NO7+. The first-order valence-electron chi connectivity index (χ1n) is 5.28. The van der Waals surface area contributed by atoms with Gasteiger partial charge >= 0.3 is 17.9 Å². The largest absolute Gasteiger partial charge is 0.481 e. The van der Waals surface area contributed by atoms with Crippen LogP contribution in [0.1, 0.15) is 6.42 Å². The number of aliphatic carboxylic acids is 3. The van der Waals surface area contributed by atoms with Crippen molar-refractivity contribution < 1.29 is 39.3 Å². The van der Waals surface area contributed by atoms with Crippen molar-refractivity contribution in [2.45, 2.75) is 12.5 Å². The van der Waals surface area contributed by atoms with Gasteiger partial charge in [0.05, 0.1) is 27.6 Å². The van der Waals surface area contributed by atoms with Crippen LogP contribution < -0.4 is 0 Å². The number of carbonyl (C=O) groups is 3. The Labute approximate surface area is 110 Å². The van der Waals surface area contributed by atoms with Crippen molar-refractivity contribution in [1.29, 1.82) is 0 Å². The minimum Gasteiger partial charge on any atom is -0.481 e. The minimum atomic E-state index is -1.26. The Balaban J connectivity index is 0. The number of hydrogen-bond acceptors (Lipinski definition) is 4. The maximum atomic E-state index is 10.1. The number of hydrogen-bond donors (Lipinski definition) is 4. The summed E-state index contributed by atoms with van der Waals surface area (Å²) in [6.45, 7) is 0.465. The van der Waals surface area contributed by atoms with Crippen LogP contribution in [-0.4, -0.2) is 76.6 Å². The SMILES string of the molecule is C[N+](C)(C)CC(O)CC(=O)O.O=C(O)C=CC(=O)O. The molecule has 1 atom stereocenters. The normalized spacial score (nSPS) is 12.4. The van der Waals surface area contributed by atoms with Crippen molar-refractivity contribution >= 4 is 17.9 Å². The van der Waals surface area contributed by atoms with E-state index in [2.05, 4.69) is 0 Å². The number of aliphatic hydroxyl groups is 1. The van der Waals surface area contributed by atoms with Gasteiger partial charge in [0.1, 0.15) is 12.6 Å². The zero-order valence-electron chi connectivity index (χ0n) is 11.1. The van der Waals surface area contributed by atoms with Gasteiger partial charge in [0.15, 0.2) is 0 Å². The van der Waals surface area contributed by atoms with Crippen molar-refractivity contribution in [2.24, 2.45) is 0 Å². The zero-order chi connectivity index (χ0) is 15.6. The van der Waals surface area contributed by atoms with Crippen molar-refractivity contribution in [1.82, 2.24) is 0 Å². The summed E-state index contributed by atoms with van der Waals surface area (Å²) in [5.74, 6) is -3.47. The Morgan fingerprint density at radius 1 is 1.00 bits per heavy atom. The van der Waals surface area contributed by atoms with Crippen LogP contribution >= 0.6 is 0 Å². The molecule has 0 aromatic heterocycles. The van der Waals surface area contributed by atoms with Crippen LogP contribution in [0.15, 0.2) is 12.2 Å². The third-order valence-corrected chi connectivity index (χ3v) is 1.54. The van der Waals surface area contributed by atoms with E-state index in [9.17, 15) is 14.4 Å². The summed E-state index contributed by atoms with van der Waals surface area (Å²) in [7, 11) is 5.72. The first-order valence-corrected chi connectivity index (χ1v) is 5.28. The molecule has 0 aliphatic rings. The summed E-state index contributed by atoms with van der Waals surface area (Å²) in [6, 6.07) is 0. The molecule has 0 heterocycles. The van der Waals surface area contributed by atoms with Gasteiger partial charge in [-0.1, -0.05) is 0 Å². The average molecular weight is 278 g/mol. The lowest BCUT2D eigenvalue weighted by Gasteiger charge is -2.25. The fourth-order valence-electron chi connectivity index (χ4n) is 1.04. The molecule has 4 N–H and O–H groups in total. The van der Waals surface area contributed by atoms with E-state index in [1.165, 1.54) is 0 Å². The number of carboxylic acids is 3. The van der Waals surface area contributed by atoms with Crippen LogP contribution in [0.25, 0.3) is 0 Å². The molecule has 0 bridgehead atoms. The van der Waals surface area contributed by atoms with E-state index >= 15 is 0 Å². The zero-order valence-corrected chi connectivity index (χ0v) is 11.1. The maximum absolute atomic E-state index is 10.1. The summed E-state index contributed by atoms with van der Waals surface area (Å²) in [4.78, 5) is 29.2. The molecule has 0 aliphatic heterocycles. The van der Waals surface area contributed by atoms with E-state index in [0.29, 0.717) is 23.2 Å². The van der Waals surface area contributed by atoms with Gasteiger partial charge in [-0.3, -0.25) is 4.79 Å². The highest BCUT2D eigenvalue weighted by Gasteiger charge is 2.17. The van der Waals surface area contributed by atoms with E-state index in [1.54, 1.807) is 0 Å². The average Bonchev–Trinajstić information content (AvgIpc) is 2.10. The molecule has 0 aromatic rings. The molecule has 110 valence electrons. The van der Waals surface area contributed by atoms with Crippen LogP contribution in [0, 0.1) is 0 Å². The van der Waals surface area contributed by atoms with E-state index in [0.717, 1.165) is 0 Å². The maximum Gasteiger partial charge on any atom is 0.328 e. The van der Waals surface area contributed by atoms with Gasteiger partial charge in [0.2, 0.25) is 0 Å². The number of rotatable bonds is 6. The summed E-state index contributed by atoms with van der Waals surface area (Å²) in [5.41, 5.74) is 0. The van der Waals surface area contributed by atoms with Crippen molar-refractivity contribution in [3.63, 3.8) is 0 Å². The molecule has 0 aromatic carbocycles. The summed E-state index contributed by atoms with van der Waals surface area (Å²) >= 11 is 0. The first kappa shape index (κ1) is 19.4. The van der Waals surface area contributed by atoms with Gasteiger partial charge in [-0.05, 0) is 0 Å². The van der Waals surface area contributed by atoms with Gasteiger partial charge in [-0.15, -0.1) is 0 Å². The molecule has 19 heavy (non-hydrogen) atoms. The highest BCUT2D eigenvalue weighted by atomic mass is 16.4. The standard InChI is InChI=1S/C7H15NO3.C4H4O4/c1-8(2,3)5-6(9)4-7(10)11;5-3(6)1-2-4(7)8/h6,9H,4-5H2,1-3H3;1-2H,(H,5,6)(H,7,8)/p+1. The Kier molecular flexibility index (Phi) is 9.26. The number of quaternary nitrogens is 1. The lowest BCUT2D eigenvalue weighted by Crippen LogP contribution is -2.42. The Hall–Kier alpha value is -1.93. The second kappa shape index (κ2) is 9.06. The second-order valence-corrected chi connectivity index (χ2v) is 4.73. The molecule has 0 saturated heterocycles. The molecule has 0 saturated carbocycles. The summed E-state index contributed by atoms with van der Waals surface area (Å²) in [6.07, 6.45) is 0.202. The van der Waals surface area contributed by atoms with Crippen molar-refractivity contribution in [3.05, 3.63) is 12.2 Å². The van der Waals surface area contributed by atoms with Gasteiger partial charge < -0.3 is 24.9 Å². The summed E-state index contributed by atoms with van der Waals surface area (Å²) < 4.78 is 0.578. The lowest BCUT2D eigenvalue weighted by atomic mass is 10.2. The molecule has 0 aliphatic carbocycles. The van der Waals surface area contributed by atoms with Gasteiger partial charge in [-0.2, -0.15) is 0 Å². The van der Waals surface area contributed by atoms with Crippen LogP contribution in [0.4, 0.5) is 0 Å². The molecule has 0 rings (SSSR count). The van der Waals surface area contributed by atoms with Gasteiger partial charge in [0, 0.05) is 12.2 Å². The van der Waals surface area contributed by atoms with Gasteiger partial charge in [0.25, 0.3) is 0 Å². The number of likely N-dealkylation sites (N-methyl/N-ethyl adjacent to an activating group) is 1. The van der Waals surface area contributed by atoms with E-state index in [4.69, 9.17) is 20.4 Å². The third kappa shape index (κ3) is 21.8. The van der Waals surface area contributed by atoms with E-state index in [1.807, 2.05) is 21.1 Å². The Bertz CT molecular complexity index is 327. The van der Waals surface area contributed by atoms with Crippen molar-refractivity contribution in [2.75, 3.05) is 27.7 Å². The molecule has 0 fully saturated rings.